The predicted molar refractivity (Wildman–Crippen MR) is 120 cm³/mol. The Morgan fingerprint density at radius 1 is 1.19 bits per heavy atom. The van der Waals surface area contributed by atoms with E-state index in [4.69, 9.17) is 16.0 Å². The summed E-state index contributed by atoms with van der Waals surface area (Å²) in [5.41, 5.74) is 2.00. The van der Waals surface area contributed by atoms with Crippen molar-refractivity contribution >= 4 is 44.0 Å². The molecule has 4 rings (SSSR count). The van der Waals surface area contributed by atoms with Crippen LogP contribution in [0.15, 0.2) is 45.7 Å². The number of hydrogen-bond donors (Lipinski definition) is 1. The average molecular weight is 463 g/mol. The number of nitrogens with one attached hydrogen (secondary N) is 1. The summed E-state index contributed by atoms with van der Waals surface area (Å²) >= 11 is 6.03. The van der Waals surface area contributed by atoms with E-state index >= 15 is 0 Å². The van der Waals surface area contributed by atoms with Gasteiger partial charge in [0.1, 0.15) is 16.2 Å². The van der Waals surface area contributed by atoms with Gasteiger partial charge in [0.05, 0.1) is 9.95 Å². The van der Waals surface area contributed by atoms with Crippen LogP contribution in [0.5, 0.6) is 0 Å². The van der Waals surface area contributed by atoms with Gasteiger partial charge in [-0.25, -0.2) is 8.42 Å². The van der Waals surface area contributed by atoms with Crippen molar-refractivity contribution in [2.75, 3.05) is 4.72 Å². The van der Waals surface area contributed by atoms with Crippen LogP contribution in [0, 0.1) is 21.4 Å². The molecule has 7 nitrogen and oxygen atoms in total. The molecule has 1 aliphatic carbocycles. The number of sulfonamides is 1. The number of nitro benzene ring substituents is 1. The minimum absolute atomic E-state index is 0.0899. The van der Waals surface area contributed by atoms with E-state index < -0.39 is 14.9 Å². The van der Waals surface area contributed by atoms with Crippen molar-refractivity contribution in [2.45, 2.75) is 44.9 Å². The maximum absolute atomic E-state index is 12.9. The van der Waals surface area contributed by atoms with Gasteiger partial charge in [-0.15, -0.1) is 0 Å². The standard InChI is InChI=1S/C22H23ClN2O5S/c1-22(2,3)13-4-8-19-16(10-13)17-11-14(5-9-20(17)30-19)24-31(28,29)21-12-15(25(26)27)6-7-18(21)23/h5-7,9,11-13,24H,4,8,10H2,1-3H3/t13-/m1/s1. The lowest BCUT2D eigenvalue weighted by Gasteiger charge is -2.33. The van der Waals surface area contributed by atoms with Crippen molar-refractivity contribution in [3.8, 4) is 0 Å². The molecule has 31 heavy (non-hydrogen) atoms. The highest BCUT2D eigenvalue weighted by molar-refractivity contribution is 7.92. The fourth-order valence-corrected chi connectivity index (χ4v) is 5.67. The fourth-order valence-electron chi connectivity index (χ4n) is 4.10. The Morgan fingerprint density at radius 3 is 2.61 bits per heavy atom. The van der Waals surface area contributed by atoms with Crippen molar-refractivity contribution < 1.29 is 17.8 Å². The largest absolute Gasteiger partial charge is 0.461 e. The minimum Gasteiger partial charge on any atom is -0.461 e. The number of hydrogen-bond acceptors (Lipinski definition) is 5. The van der Waals surface area contributed by atoms with Crippen molar-refractivity contribution in [1.82, 2.24) is 0 Å². The van der Waals surface area contributed by atoms with Crippen molar-refractivity contribution in [3.63, 3.8) is 0 Å². The molecule has 0 fully saturated rings. The first-order valence-electron chi connectivity index (χ1n) is 9.97. The Labute approximate surface area is 185 Å². The van der Waals surface area contributed by atoms with Gasteiger partial charge >= 0.3 is 0 Å². The topological polar surface area (TPSA) is 102 Å². The summed E-state index contributed by atoms with van der Waals surface area (Å²) in [6.45, 7) is 6.69. The lowest BCUT2D eigenvalue weighted by Crippen LogP contribution is -2.26. The highest BCUT2D eigenvalue weighted by Gasteiger charge is 2.32. The van der Waals surface area contributed by atoms with E-state index in [0.29, 0.717) is 11.6 Å². The van der Waals surface area contributed by atoms with Gasteiger partial charge in [-0.1, -0.05) is 32.4 Å². The third kappa shape index (κ3) is 4.14. The quantitative estimate of drug-likeness (QED) is 0.381. The van der Waals surface area contributed by atoms with E-state index in [2.05, 4.69) is 25.5 Å². The number of furan rings is 1. The Hall–Kier alpha value is -2.58. The zero-order valence-electron chi connectivity index (χ0n) is 17.4. The van der Waals surface area contributed by atoms with Crippen LogP contribution in [-0.2, 0) is 22.9 Å². The molecule has 0 aliphatic heterocycles. The molecule has 0 bridgehead atoms. The van der Waals surface area contributed by atoms with E-state index in [1.54, 1.807) is 18.2 Å². The van der Waals surface area contributed by atoms with Crippen molar-refractivity contribution in [3.05, 3.63) is 62.9 Å². The van der Waals surface area contributed by atoms with Crippen LogP contribution >= 0.6 is 11.6 Å². The number of rotatable bonds is 4. The molecule has 9 heteroatoms. The summed E-state index contributed by atoms with van der Waals surface area (Å²) in [7, 11) is -4.12. The number of nitrogens with zero attached hydrogens (tertiary/aromatic N) is 1. The summed E-state index contributed by atoms with van der Waals surface area (Å²) < 4.78 is 34.3. The zero-order valence-corrected chi connectivity index (χ0v) is 19.0. The average Bonchev–Trinajstić information content (AvgIpc) is 3.04. The molecule has 3 aromatic rings. The first-order chi connectivity index (χ1) is 14.5. The number of non-ortho nitro benzene ring substituents is 1. The van der Waals surface area contributed by atoms with E-state index in [1.165, 1.54) is 6.07 Å². The molecular formula is C22H23ClN2O5S. The fraction of sp³-hybridized carbons (Fsp3) is 0.364. The molecule has 0 unspecified atom stereocenters. The maximum Gasteiger partial charge on any atom is 0.270 e. The molecule has 2 aromatic carbocycles. The monoisotopic (exact) mass is 462 g/mol. The smallest absolute Gasteiger partial charge is 0.270 e. The SMILES string of the molecule is CC(C)(C)[C@@H]1CCc2oc3ccc(NS(=O)(=O)c4cc([N+](=O)[O-])ccc4Cl)cc3c2C1. The van der Waals surface area contributed by atoms with Gasteiger partial charge in [-0.2, -0.15) is 0 Å². The maximum atomic E-state index is 12.9. The normalized spacial score (nSPS) is 16.8. The molecule has 1 aliphatic rings. The van der Waals surface area contributed by atoms with Gasteiger partial charge in [-0.05, 0) is 48.4 Å². The Bertz CT molecular complexity index is 1290. The van der Waals surface area contributed by atoms with Crippen LogP contribution in [0.1, 0.15) is 38.5 Å². The van der Waals surface area contributed by atoms with Crippen LogP contribution in [0.3, 0.4) is 0 Å². The molecule has 1 atom stereocenters. The summed E-state index contributed by atoms with van der Waals surface area (Å²) in [6, 6.07) is 8.43. The molecule has 0 saturated carbocycles. The first kappa shape index (κ1) is 21.6. The number of nitro groups is 1. The lowest BCUT2D eigenvalue weighted by molar-refractivity contribution is -0.385. The lowest BCUT2D eigenvalue weighted by atomic mass is 9.71. The highest BCUT2D eigenvalue weighted by atomic mass is 35.5. The molecule has 0 amide bonds. The van der Waals surface area contributed by atoms with E-state index in [-0.39, 0.29) is 21.0 Å². The third-order valence-corrected chi connectivity index (χ3v) is 7.80. The molecule has 164 valence electrons. The molecule has 1 heterocycles. The van der Waals surface area contributed by atoms with Gasteiger partial charge in [-0.3, -0.25) is 14.8 Å². The van der Waals surface area contributed by atoms with Gasteiger partial charge in [0.2, 0.25) is 0 Å². The van der Waals surface area contributed by atoms with Crippen LogP contribution in [0.4, 0.5) is 11.4 Å². The molecule has 0 saturated heterocycles. The molecular weight excluding hydrogens is 440 g/mol. The van der Waals surface area contributed by atoms with E-state index in [1.807, 2.05) is 0 Å². The van der Waals surface area contributed by atoms with Crippen molar-refractivity contribution in [2.24, 2.45) is 11.3 Å². The Morgan fingerprint density at radius 2 is 1.94 bits per heavy atom. The highest BCUT2D eigenvalue weighted by Crippen LogP contribution is 2.41. The Kier molecular flexibility index (Phi) is 5.26. The number of benzene rings is 2. The van der Waals surface area contributed by atoms with E-state index in [0.717, 1.165) is 53.7 Å². The van der Waals surface area contributed by atoms with Crippen LogP contribution < -0.4 is 4.72 Å². The van der Waals surface area contributed by atoms with Crippen LogP contribution in [0.25, 0.3) is 11.0 Å². The summed E-state index contributed by atoms with van der Waals surface area (Å²) in [5.74, 6) is 1.46. The number of fused-ring (bicyclic) bond motifs is 3. The van der Waals surface area contributed by atoms with Gasteiger partial charge in [0, 0.05) is 35.2 Å². The Balaban J connectivity index is 1.70. The second kappa shape index (κ2) is 7.53. The second-order valence-electron chi connectivity index (χ2n) is 9.00. The first-order valence-corrected chi connectivity index (χ1v) is 11.8. The number of halogens is 1. The molecule has 0 radical (unpaired) electrons. The van der Waals surface area contributed by atoms with Gasteiger partial charge in [0.25, 0.3) is 15.7 Å². The van der Waals surface area contributed by atoms with E-state index in [9.17, 15) is 18.5 Å². The predicted octanol–water partition coefficient (Wildman–Crippen LogP) is 5.95. The third-order valence-electron chi connectivity index (χ3n) is 5.94. The minimum atomic E-state index is -4.12. The van der Waals surface area contributed by atoms with Gasteiger partial charge in [0.15, 0.2) is 0 Å². The second-order valence-corrected chi connectivity index (χ2v) is 11.1. The zero-order chi connectivity index (χ0) is 22.6. The van der Waals surface area contributed by atoms with Crippen LogP contribution in [0.2, 0.25) is 5.02 Å². The summed E-state index contributed by atoms with van der Waals surface area (Å²) in [4.78, 5) is 10.0. The van der Waals surface area contributed by atoms with Gasteiger partial charge < -0.3 is 4.42 Å². The number of anilines is 1. The summed E-state index contributed by atoms with van der Waals surface area (Å²) in [6.07, 6.45) is 2.79. The molecule has 0 spiro atoms. The molecule has 1 N–H and O–H groups in total. The van der Waals surface area contributed by atoms with Crippen molar-refractivity contribution in [1.29, 1.82) is 0 Å². The number of aryl methyl sites for hydroxylation is 1. The summed E-state index contributed by atoms with van der Waals surface area (Å²) in [5, 5.41) is 11.8. The van der Waals surface area contributed by atoms with Crippen LogP contribution in [-0.4, -0.2) is 13.3 Å². The molecule has 1 aromatic heterocycles.